The van der Waals surface area contributed by atoms with E-state index in [9.17, 15) is 13.2 Å². The average molecular weight is 190 g/mol. The van der Waals surface area contributed by atoms with Crippen LogP contribution in [0.2, 0.25) is 0 Å². The first-order valence-corrected chi connectivity index (χ1v) is 3.71. The molecule has 0 aromatic carbocycles. The van der Waals surface area contributed by atoms with E-state index in [1.165, 1.54) is 24.5 Å². The normalized spacial score (nSPS) is 14.2. The fraction of sp³-hybridized carbons (Fsp3) is 0.375. The van der Waals surface area contributed by atoms with Gasteiger partial charge in [0, 0.05) is 18.4 Å². The summed E-state index contributed by atoms with van der Waals surface area (Å²) in [5.74, 6) is 0. The largest absolute Gasteiger partial charge is 0.390 e. The van der Waals surface area contributed by atoms with Gasteiger partial charge in [0.1, 0.15) is 0 Å². The minimum Gasteiger partial charge on any atom is -0.324 e. The summed E-state index contributed by atoms with van der Waals surface area (Å²) in [5, 5.41) is 0. The molecule has 0 aliphatic heterocycles. The van der Waals surface area contributed by atoms with E-state index < -0.39 is 18.6 Å². The standard InChI is InChI=1S/C8H9F3N2/c9-8(10,11)5-7(12)6-1-3-13-4-2-6/h1-4,7H,5,12H2. The molecule has 1 aromatic rings. The summed E-state index contributed by atoms with van der Waals surface area (Å²) in [4.78, 5) is 3.69. The Morgan fingerprint density at radius 3 is 2.31 bits per heavy atom. The van der Waals surface area contributed by atoms with Gasteiger partial charge in [0.2, 0.25) is 0 Å². The van der Waals surface area contributed by atoms with E-state index in [1.54, 1.807) is 0 Å². The molecule has 0 saturated heterocycles. The van der Waals surface area contributed by atoms with Crippen molar-refractivity contribution >= 4 is 0 Å². The highest BCUT2D eigenvalue weighted by Gasteiger charge is 2.30. The molecule has 1 aromatic heterocycles. The number of hydrogen-bond acceptors (Lipinski definition) is 2. The Labute approximate surface area is 73.6 Å². The fourth-order valence-corrected chi connectivity index (χ4v) is 0.978. The molecule has 5 heteroatoms. The highest BCUT2D eigenvalue weighted by atomic mass is 19.4. The summed E-state index contributed by atoms with van der Waals surface area (Å²) in [7, 11) is 0. The van der Waals surface area contributed by atoms with Crippen LogP contribution in [0, 0.1) is 0 Å². The molecule has 2 N–H and O–H groups in total. The van der Waals surface area contributed by atoms with E-state index in [0.717, 1.165) is 0 Å². The molecule has 0 bridgehead atoms. The van der Waals surface area contributed by atoms with E-state index in [0.29, 0.717) is 5.56 Å². The number of hydrogen-bond donors (Lipinski definition) is 1. The number of nitrogens with two attached hydrogens (primary N) is 1. The molecule has 1 unspecified atom stereocenters. The number of rotatable bonds is 2. The molecule has 0 spiro atoms. The summed E-state index contributed by atoms with van der Waals surface area (Å²) < 4.78 is 35.7. The van der Waals surface area contributed by atoms with Crippen molar-refractivity contribution in [2.75, 3.05) is 0 Å². The SMILES string of the molecule is NC(CC(F)(F)F)c1ccncc1. The highest BCUT2D eigenvalue weighted by Crippen LogP contribution is 2.27. The van der Waals surface area contributed by atoms with Crippen LogP contribution in [-0.4, -0.2) is 11.2 Å². The third-order valence-corrected chi connectivity index (χ3v) is 1.59. The summed E-state index contributed by atoms with van der Waals surface area (Å²) in [6, 6.07) is 1.97. The van der Waals surface area contributed by atoms with E-state index in [2.05, 4.69) is 4.98 Å². The van der Waals surface area contributed by atoms with E-state index in [1.807, 2.05) is 0 Å². The van der Waals surface area contributed by atoms with Crippen LogP contribution >= 0.6 is 0 Å². The lowest BCUT2D eigenvalue weighted by Crippen LogP contribution is -2.20. The highest BCUT2D eigenvalue weighted by molar-refractivity contribution is 5.14. The van der Waals surface area contributed by atoms with Crippen LogP contribution < -0.4 is 5.73 Å². The summed E-state index contributed by atoms with van der Waals surface area (Å²) in [6.45, 7) is 0. The van der Waals surface area contributed by atoms with Crippen LogP contribution in [0.15, 0.2) is 24.5 Å². The van der Waals surface area contributed by atoms with Crippen molar-refractivity contribution in [2.24, 2.45) is 5.73 Å². The van der Waals surface area contributed by atoms with Gasteiger partial charge in [-0.15, -0.1) is 0 Å². The summed E-state index contributed by atoms with van der Waals surface area (Å²) in [5.41, 5.74) is 5.78. The zero-order valence-electron chi connectivity index (χ0n) is 6.75. The molecular formula is C8H9F3N2. The molecule has 1 rings (SSSR count). The summed E-state index contributed by atoms with van der Waals surface area (Å²) in [6.07, 6.45) is -2.38. The number of nitrogens with zero attached hydrogens (tertiary/aromatic N) is 1. The third kappa shape index (κ3) is 3.42. The Balaban J connectivity index is 2.64. The monoisotopic (exact) mass is 190 g/mol. The first-order valence-electron chi connectivity index (χ1n) is 3.71. The van der Waals surface area contributed by atoms with Crippen LogP contribution in [0.4, 0.5) is 13.2 Å². The Bertz CT molecular complexity index is 258. The lowest BCUT2D eigenvalue weighted by Gasteiger charge is -2.13. The average Bonchev–Trinajstić information content (AvgIpc) is 2.03. The van der Waals surface area contributed by atoms with Gasteiger partial charge in [-0.25, -0.2) is 0 Å². The summed E-state index contributed by atoms with van der Waals surface area (Å²) >= 11 is 0. The molecule has 72 valence electrons. The lowest BCUT2D eigenvalue weighted by atomic mass is 10.1. The molecule has 1 heterocycles. The molecule has 0 saturated carbocycles. The minimum atomic E-state index is -4.22. The Kier molecular flexibility index (Phi) is 2.87. The molecule has 0 fully saturated rings. The first-order chi connectivity index (χ1) is 5.99. The predicted octanol–water partition coefficient (Wildman–Crippen LogP) is 2.03. The van der Waals surface area contributed by atoms with Gasteiger partial charge in [-0.05, 0) is 17.7 Å². The van der Waals surface area contributed by atoms with Crippen molar-refractivity contribution in [2.45, 2.75) is 18.6 Å². The van der Waals surface area contributed by atoms with Crippen molar-refractivity contribution in [3.05, 3.63) is 30.1 Å². The number of alkyl halides is 3. The number of pyridine rings is 1. The van der Waals surface area contributed by atoms with Gasteiger partial charge in [0.05, 0.1) is 6.42 Å². The molecule has 0 radical (unpaired) electrons. The quantitative estimate of drug-likeness (QED) is 0.774. The zero-order chi connectivity index (χ0) is 9.90. The molecule has 0 aliphatic carbocycles. The van der Waals surface area contributed by atoms with E-state index in [4.69, 9.17) is 5.73 Å². The van der Waals surface area contributed by atoms with Crippen molar-refractivity contribution < 1.29 is 13.2 Å². The van der Waals surface area contributed by atoms with Gasteiger partial charge < -0.3 is 5.73 Å². The first kappa shape index (κ1) is 9.98. The van der Waals surface area contributed by atoms with Gasteiger partial charge in [-0.1, -0.05) is 0 Å². The smallest absolute Gasteiger partial charge is 0.324 e. The third-order valence-electron chi connectivity index (χ3n) is 1.59. The Morgan fingerprint density at radius 2 is 1.85 bits per heavy atom. The second kappa shape index (κ2) is 3.74. The molecular weight excluding hydrogens is 181 g/mol. The molecule has 13 heavy (non-hydrogen) atoms. The van der Waals surface area contributed by atoms with Gasteiger partial charge in [-0.3, -0.25) is 4.98 Å². The fourth-order valence-electron chi connectivity index (χ4n) is 0.978. The second-order valence-corrected chi connectivity index (χ2v) is 2.71. The minimum absolute atomic E-state index is 0.451. The van der Waals surface area contributed by atoms with Crippen molar-refractivity contribution in [3.63, 3.8) is 0 Å². The zero-order valence-corrected chi connectivity index (χ0v) is 6.75. The predicted molar refractivity (Wildman–Crippen MR) is 41.8 cm³/mol. The van der Waals surface area contributed by atoms with Gasteiger partial charge in [-0.2, -0.15) is 13.2 Å². The maximum atomic E-state index is 11.9. The maximum absolute atomic E-state index is 11.9. The van der Waals surface area contributed by atoms with Crippen LogP contribution in [-0.2, 0) is 0 Å². The molecule has 0 amide bonds. The second-order valence-electron chi connectivity index (χ2n) is 2.71. The Hall–Kier alpha value is -1.10. The van der Waals surface area contributed by atoms with Crippen LogP contribution in [0.5, 0.6) is 0 Å². The van der Waals surface area contributed by atoms with Crippen molar-refractivity contribution in [3.8, 4) is 0 Å². The van der Waals surface area contributed by atoms with Crippen LogP contribution in [0.1, 0.15) is 18.0 Å². The number of halogens is 3. The van der Waals surface area contributed by atoms with Gasteiger partial charge in [0.15, 0.2) is 0 Å². The van der Waals surface area contributed by atoms with Gasteiger partial charge in [0.25, 0.3) is 0 Å². The van der Waals surface area contributed by atoms with Gasteiger partial charge >= 0.3 is 6.18 Å². The Morgan fingerprint density at radius 1 is 1.31 bits per heavy atom. The number of aromatic nitrogens is 1. The molecule has 1 atom stereocenters. The van der Waals surface area contributed by atoms with E-state index >= 15 is 0 Å². The van der Waals surface area contributed by atoms with Crippen molar-refractivity contribution in [1.29, 1.82) is 0 Å². The molecule has 0 aliphatic rings. The van der Waals surface area contributed by atoms with Crippen molar-refractivity contribution in [1.82, 2.24) is 4.98 Å². The van der Waals surface area contributed by atoms with Crippen LogP contribution in [0.3, 0.4) is 0 Å². The lowest BCUT2D eigenvalue weighted by molar-refractivity contribution is -0.138. The maximum Gasteiger partial charge on any atom is 0.390 e. The van der Waals surface area contributed by atoms with E-state index in [-0.39, 0.29) is 0 Å². The van der Waals surface area contributed by atoms with Crippen LogP contribution in [0.25, 0.3) is 0 Å². The topological polar surface area (TPSA) is 38.9 Å². The molecule has 2 nitrogen and oxygen atoms in total.